The lowest BCUT2D eigenvalue weighted by Gasteiger charge is -2.03. The molecule has 2 aromatic rings. The van der Waals surface area contributed by atoms with E-state index < -0.39 is 16.0 Å². The maximum Gasteiger partial charge on any atom is 0.355 e. The van der Waals surface area contributed by atoms with Crippen LogP contribution in [0.1, 0.15) is 30.8 Å². The van der Waals surface area contributed by atoms with Gasteiger partial charge in [0.05, 0.1) is 6.54 Å². The van der Waals surface area contributed by atoms with Gasteiger partial charge in [0.15, 0.2) is 5.69 Å². The Morgan fingerprint density at radius 2 is 2.00 bits per heavy atom. The Morgan fingerprint density at radius 1 is 1.33 bits per heavy atom. The third-order valence-electron chi connectivity index (χ3n) is 2.70. The van der Waals surface area contributed by atoms with E-state index in [0.717, 1.165) is 4.88 Å². The third kappa shape index (κ3) is 3.49. The van der Waals surface area contributed by atoms with E-state index in [0.29, 0.717) is 15.4 Å². The Morgan fingerprint density at radius 3 is 2.48 bits per heavy atom. The molecule has 0 unspecified atom stereocenters. The van der Waals surface area contributed by atoms with Crippen LogP contribution in [0.5, 0.6) is 0 Å². The molecule has 9 heteroatoms. The molecule has 0 aromatic carbocycles. The number of thiophene rings is 1. The minimum atomic E-state index is -3.60. The highest BCUT2D eigenvalue weighted by atomic mass is 32.2. The Bertz CT molecular complexity index is 790. The smallest absolute Gasteiger partial charge is 0.355 e. The molecule has 0 aliphatic rings. The maximum atomic E-state index is 12.2. The van der Waals surface area contributed by atoms with Crippen molar-refractivity contribution in [3.8, 4) is 0 Å². The molecule has 0 saturated heterocycles. The quantitative estimate of drug-likeness (QED) is 0.866. The molecule has 0 atom stereocenters. The second-order valence-electron chi connectivity index (χ2n) is 4.47. The summed E-state index contributed by atoms with van der Waals surface area (Å²) in [7, 11) is -3.60. The highest BCUT2D eigenvalue weighted by Crippen LogP contribution is 2.26. The number of rotatable bonds is 5. The van der Waals surface area contributed by atoms with Crippen molar-refractivity contribution in [2.24, 2.45) is 0 Å². The first-order valence-corrected chi connectivity index (χ1v) is 9.08. The second kappa shape index (κ2) is 5.84. The Labute approximate surface area is 130 Å². The first-order valence-electron chi connectivity index (χ1n) is 5.97. The van der Waals surface area contributed by atoms with Crippen LogP contribution in [0.15, 0.2) is 10.3 Å². The van der Waals surface area contributed by atoms with Gasteiger partial charge in [-0.05, 0) is 32.4 Å². The Balaban J connectivity index is 2.17. The fraction of sp³-hybridized carbons (Fsp3) is 0.333. The van der Waals surface area contributed by atoms with Crippen LogP contribution in [0, 0.1) is 20.8 Å². The van der Waals surface area contributed by atoms with Crippen LogP contribution in [0.4, 0.5) is 0 Å². The fourth-order valence-electron chi connectivity index (χ4n) is 1.83. The third-order valence-corrected chi connectivity index (χ3v) is 6.86. The molecule has 0 aliphatic heterocycles. The average Bonchev–Trinajstić information content (AvgIpc) is 2.90. The van der Waals surface area contributed by atoms with Gasteiger partial charge < -0.3 is 5.11 Å². The molecule has 21 heavy (non-hydrogen) atoms. The number of aromatic carboxylic acids is 1. The minimum absolute atomic E-state index is 0.0164. The van der Waals surface area contributed by atoms with Gasteiger partial charge in [0.25, 0.3) is 10.0 Å². The molecule has 0 saturated carbocycles. The SMILES string of the molecule is Cc1cc(C)c(S(=O)(=O)NCc2nc(C(=O)O)c(C)s2)s1. The van der Waals surface area contributed by atoms with Crippen molar-refractivity contribution in [1.82, 2.24) is 9.71 Å². The lowest BCUT2D eigenvalue weighted by Crippen LogP contribution is -2.23. The molecule has 114 valence electrons. The standard InChI is InChI=1S/C12H14N2O4S3/c1-6-4-7(2)19-12(6)21(17,18)13-5-9-14-10(11(15)16)8(3)20-9/h4,13H,5H2,1-3H3,(H,15,16). The molecular formula is C12H14N2O4S3. The van der Waals surface area contributed by atoms with Crippen LogP contribution in [-0.4, -0.2) is 24.5 Å². The van der Waals surface area contributed by atoms with Gasteiger partial charge in [0, 0.05) is 9.75 Å². The van der Waals surface area contributed by atoms with Crippen molar-refractivity contribution < 1.29 is 18.3 Å². The Hall–Kier alpha value is -1.29. The molecule has 0 amide bonds. The first-order chi connectivity index (χ1) is 9.70. The number of aromatic nitrogens is 1. The van der Waals surface area contributed by atoms with Crippen LogP contribution < -0.4 is 4.72 Å². The summed E-state index contributed by atoms with van der Waals surface area (Å²) in [6.07, 6.45) is 0. The summed E-state index contributed by atoms with van der Waals surface area (Å²) >= 11 is 2.38. The molecule has 2 heterocycles. The van der Waals surface area contributed by atoms with E-state index in [2.05, 4.69) is 9.71 Å². The number of nitrogens with zero attached hydrogens (tertiary/aromatic N) is 1. The number of aryl methyl sites for hydroxylation is 3. The highest BCUT2D eigenvalue weighted by molar-refractivity contribution is 7.91. The van der Waals surface area contributed by atoms with Crippen LogP contribution in [0.3, 0.4) is 0 Å². The number of sulfonamides is 1. The van der Waals surface area contributed by atoms with E-state index in [-0.39, 0.29) is 16.4 Å². The van der Waals surface area contributed by atoms with Crippen molar-refractivity contribution in [2.45, 2.75) is 31.5 Å². The van der Waals surface area contributed by atoms with Crippen molar-refractivity contribution in [3.05, 3.63) is 32.1 Å². The van der Waals surface area contributed by atoms with E-state index in [1.165, 1.54) is 22.7 Å². The molecule has 2 rings (SSSR count). The molecule has 0 aliphatic carbocycles. The summed E-state index contributed by atoms with van der Waals surface area (Å²) in [6, 6.07) is 1.81. The van der Waals surface area contributed by atoms with Crippen LogP contribution in [-0.2, 0) is 16.6 Å². The molecule has 6 nitrogen and oxygen atoms in total. The molecule has 0 spiro atoms. The Kier molecular flexibility index (Phi) is 4.47. The molecular weight excluding hydrogens is 332 g/mol. The molecule has 0 radical (unpaired) electrons. The van der Waals surface area contributed by atoms with Gasteiger partial charge >= 0.3 is 5.97 Å². The second-order valence-corrected chi connectivity index (χ2v) is 8.98. The van der Waals surface area contributed by atoms with E-state index in [4.69, 9.17) is 5.11 Å². The van der Waals surface area contributed by atoms with Crippen LogP contribution in [0.25, 0.3) is 0 Å². The number of carboxylic acids is 1. The van der Waals surface area contributed by atoms with Gasteiger partial charge in [-0.2, -0.15) is 0 Å². The maximum absolute atomic E-state index is 12.2. The number of carbonyl (C=O) groups is 1. The van der Waals surface area contributed by atoms with Crippen LogP contribution in [0.2, 0.25) is 0 Å². The summed E-state index contributed by atoms with van der Waals surface area (Å²) < 4.78 is 27.2. The molecule has 0 bridgehead atoms. The number of carboxylic acid groups (broad SMARTS) is 1. The monoisotopic (exact) mass is 346 g/mol. The zero-order chi connectivity index (χ0) is 15.8. The summed E-state index contributed by atoms with van der Waals surface area (Å²) in [5.41, 5.74) is 0.670. The van der Waals surface area contributed by atoms with Gasteiger partial charge in [-0.15, -0.1) is 22.7 Å². The van der Waals surface area contributed by atoms with Gasteiger partial charge in [0.1, 0.15) is 9.22 Å². The van der Waals surface area contributed by atoms with Crippen molar-refractivity contribution in [3.63, 3.8) is 0 Å². The lowest BCUT2D eigenvalue weighted by molar-refractivity contribution is 0.0690. The summed E-state index contributed by atoms with van der Waals surface area (Å²) in [4.78, 5) is 16.3. The molecule has 2 aromatic heterocycles. The number of hydrogen-bond donors (Lipinski definition) is 2. The summed E-state index contributed by atoms with van der Waals surface area (Å²) in [6.45, 7) is 5.22. The van der Waals surface area contributed by atoms with Crippen molar-refractivity contribution >= 4 is 38.7 Å². The van der Waals surface area contributed by atoms with Gasteiger partial charge in [-0.3, -0.25) is 0 Å². The number of nitrogens with one attached hydrogen (secondary N) is 1. The number of thiazole rings is 1. The summed E-state index contributed by atoms with van der Waals surface area (Å²) in [5.74, 6) is -1.11. The van der Waals surface area contributed by atoms with Gasteiger partial charge in [0.2, 0.25) is 0 Å². The largest absolute Gasteiger partial charge is 0.476 e. The van der Waals surface area contributed by atoms with E-state index in [1.807, 2.05) is 13.0 Å². The zero-order valence-corrected chi connectivity index (χ0v) is 14.1. The minimum Gasteiger partial charge on any atom is -0.476 e. The predicted octanol–water partition coefficient (Wildman–Crippen LogP) is 2.31. The molecule has 0 fully saturated rings. The van der Waals surface area contributed by atoms with E-state index in [9.17, 15) is 13.2 Å². The van der Waals surface area contributed by atoms with Gasteiger partial charge in [-0.25, -0.2) is 22.9 Å². The zero-order valence-electron chi connectivity index (χ0n) is 11.6. The van der Waals surface area contributed by atoms with Gasteiger partial charge in [-0.1, -0.05) is 0 Å². The average molecular weight is 346 g/mol. The lowest BCUT2D eigenvalue weighted by atomic mass is 10.4. The normalized spacial score (nSPS) is 11.8. The van der Waals surface area contributed by atoms with E-state index in [1.54, 1.807) is 13.8 Å². The van der Waals surface area contributed by atoms with Crippen LogP contribution >= 0.6 is 22.7 Å². The van der Waals surface area contributed by atoms with Crippen molar-refractivity contribution in [1.29, 1.82) is 0 Å². The van der Waals surface area contributed by atoms with Crippen molar-refractivity contribution in [2.75, 3.05) is 0 Å². The predicted molar refractivity (Wildman–Crippen MR) is 81.6 cm³/mol. The van der Waals surface area contributed by atoms with E-state index >= 15 is 0 Å². The topological polar surface area (TPSA) is 96.4 Å². The fourth-order valence-corrected chi connectivity index (χ4v) is 5.49. The summed E-state index contributed by atoms with van der Waals surface area (Å²) in [5, 5.41) is 9.36. The number of hydrogen-bond acceptors (Lipinski definition) is 6. The first kappa shape index (κ1) is 16.1. The highest BCUT2D eigenvalue weighted by Gasteiger charge is 2.21. The molecule has 2 N–H and O–H groups in total.